The average Bonchev–Trinajstić information content (AvgIpc) is 3.28. The molecule has 0 aliphatic heterocycles. The van der Waals surface area contributed by atoms with Crippen molar-refractivity contribution >= 4 is 33.0 Å². The third kappa shape index (κ3) is 4.39. The Labute approximate surface area is 155 Å². The number of methoxy groups -OCH3 is 1. The van der Waals surface area contributed by atoms with Gasteiger partial charge in [0.25, 0.3) is 5.91 Å². The van der Waals surface area contributed by atoms with Gasteiger partial charge in [0.1, 0.15) is 16.3 Å². The molecule has 0 atom stereocenters. The Kier molecular flexibility index (Phi) is 5.56. The molecule has 1 aromatic carbocycles. The number of nitrogens with two attached hydrogens (primary N) is 1. The highest BCUT2D eigenvalue weighted by molar-refractivity contribution is 7.89. The molecule has 1 amide bonds. The Bertz CT molecular complexity index is 907. The molecular weight excluding hydrogens is 376 g/mol. The fourth-order valence-corrected chi connectivity index (χ4v) is 4.59. The molecule has 0 saturated heterocycles. The van der Waals surface area contributed by atoms with Gasteiger partial charge in [-0.2, -0.15) is 0 Å². The number of amides is 1. The maximum atomic E-state index is 12.5. The lowest BCUT2D eigenvalue weighted by Gasteiger charge is -2.12. The predicted molar refractivity (Wildman–Crippen MR) is 99.2 cm³/mol. The fraction of sp³-hybridized carbons (Fsp3) is 0.375. The maximum Gasteiger partial charge on any atom is 0.275 e. The van der Waals surface area contributed by atoms with Crippen LogP contribution in [-0.4, -0.2) is 39.0 Å². The van der Waals surface area contributed by atoms with Crippen molar-refractivity contribution in [3.8, 4) is 5.75 Å². The molecule has 8 nitrogen and oxygen atoms in total. The Hall–Kier alpha value is -2.01. The van der Waals surface area contributed by atoms with Gasteiger partial charge in [-0.1, -0.05) is 0 Å². The van der Waals surface area contributed by atoms with Gasteiger partial charge in [0.2, 0.25) is 10.0 Å². The second kappa shape index (κ2) is 7.70. The van der Waals surface area contributed by atoms with Crippen molar-refractivity contribution in [2.75, 3.05) is 19.0 Å². The van der Waals surface area contributed by atoms with E-state index in [9.17, 15) is 13.2 Å². The number of rotatable bonds is 8. The van der Waals surface area contributed by atoms with Crippen molar-refractivity contribution in [3.05, 3.63) is 34.3 Å². The van der Waals surface area contributed by atoms with E-state index in [1.165, 1.54) is 30.6 Å². The molecule has 1 aliphatic rings. The molecule has 10 heteroatoms. The van der Waals surface area contributed by atoms with Crippen LogP contribution < -0.4 is 20.5 Å². The van der Waals surface area contributed by atoms with Crippen molar-refractivity contribution in [1.29, 1.82) is 0 Å². The summed E-state index contributed by atoms with van der Waals surface area (Å²) in [4.78, 5) is 16.6. The number of sulfonamides is 1. The van der Waals surface area contributed by atoms with Crippen LogP contribution in [0.5, 0.6) is 5.75 Å². The van der Waals surface area contributed by atoms with E-state index in [1.54, 1.807) is 11.4 Å². The van der Waals surface area contributed by atoms with Crippen molar-refractivity contribution < 1.29 is 17.9 Å². The molecule has 0 radical (unpaired) electrons. The summed E-state index contributed by atoms with van der Waals surface area (Å²) in [5, 5.41) is 5.10. The second-order valence-electron chi connectivity index (χ2n) is 5.88. The molecule has 2 aromatic rings. The highest BCUT2D eigenvalue weighted by atomic mass is 32.2. The van der Waals surface area contributed by atoms with Crippen LogP contribution in [0.2, 0.25) is 0 Å². The molecule has 1 aromatic heterocycles. The molecule has 1 aliphatic carbocycles. The minimum atomic E-state index is -3.72. The maximum absolute atomic E-state index is 12.5. The number of aromatic nitrogens is 1. The number of hydrogen-bond acceptors (Lipinski definition) is 7. The monoisotopic (exact) mass is 396 g/mol. The normalized spacial score (nSPS) is 14.2. The van der Waals surface area contributed by atoms with Crippen molar-refractivity contribution in [3.63, 3.8) is 0 Å². The predicted octanol–water partition coefficient (Wildman–Crippen LogP) is 1.35. The van der Waals surface area contributed by atoms with E-state index in [-0.39, 0.29) is 22.4 Å². The first kappa shape index (κ1) is 18.8. The molecule has 0 spiro atoms. The summed E-state index contributed by atoms with van der Waals surface area (Å²) in [7, 11) is -2.32. The highest BCUT2D eigenvalue weighted by Crippen LogP contribution is 2.30. The molecule has 3 rings (SSSR count). The summed E-state index contributed by atoms with van der Waals surface area (Å²) >= 11 is 1.36. The van der Waals surface area contributed by atoms with Gasteiger partial charge in [0.05, 0.1) is 12.1 Å². The minimum Gasteiger partial charge on any atom is -0.495 e. The SMILES string of the molecule is COc1ccc(NC(=O)c2csc(CCN)n2)cc1S(=O)(=O)NC1CC1. The Morgan fingerprint density at radius 2 is 2.19 bits per heavy atom. The molecule has 0 bridgehead atoms. The number of carbonyl (C=O) groups is 1. The molecule has 4 N–H and O–H groups in total. The average molecular weight is 396 g/mol. The number of carbonyl (C=O) groups excluding carboxylic acids is 1. The first-order chi connectivity index (χ1) is 12.4. The topological polar surface area (TPSA) is 123 Å². The molecule has 0 unspecified atom stereocenters. The smallest absolute Gasteiger partial charge is 0.275 e. The van der Waals surface area contributed by atoms with Crippen LogP contribution in [0, 0.1) is 0 Å². The van der Waals surface area contributed by atoms with Crippen LogP contribution in [0.1, 0.15) is 28.3 Å². The van der Waals surface area contributed by atoms with E-state index in [2.05, 4.69) is 15.0 Å². The number of nitrogens with one attached hydrogen (secondary N) is 2. The summed E-state index contributed by atoms with van der Waals surface area (Å²) in [6.45, 7) is 0.461. The van der Waals surface area contributed by atoms with Crippen LogP contribution in [0.25, 0.3) is 0 Å². The van der Waals surface area contributed by atoms with Crippen LogP contribution in [0.3, 0.4) is 0 Å². The zero-order valence-corrected chi connectivity index (χ0v) is 15.8. The molecule has 26 heavy (non-hydrogen) atoms. The van der Waals surface area contributed by atoms with Gasteiger partial charge in [-0.3, -0.25) is 4.79 Å². The molecule has 1 heterocycles. The number of hydrogen-bond donors (Lipinski definition) is 3. The van der Waals surface area contributed by atoms with Crippen molar-refractivity contribution in [1.82, 2.24) is 9.71 Å². The molecular formula is C16H20N4O4S2. The van der Waals surface area contributed by atoms with Gasteiger partial charge in [-0.05, 0) is 37.6 Å². The number of thiazole rings is 1. The van der Waals surface area contributed by atoms with Crippen LogP contribution in [-0.2, 0) is 16.4 Å². The lowest BCUT2D eigenvalue weighted by Crippen LogP contribution is -2.26. The van der Waals surface area contributed by atoms with Gasteiger partial charge in [-0.15, -0.1) is 11.3 Å². The van der Waals surface area contributed by atoms with Gasteiger partial charge in [0, 0.05) is 23.5 Å². The zero-order valence-electron chi connectivity index (χ0n) is 14.2. The molecule has 140 valence electrons. The Balaban J connectivity index is 1.81. The standard InChI is InChI=1S/C16H20N4O4S2/c1-24-13-5-4-11(8-14(13)26(22,23)20-10-2-3-10)18-16(21)12-9-25-15(19-12)6-7-17/h4-5,8-10,20H,2-3,6-7,17H2,1H3,(H,18,21). The van der Waals surface area contributed by atoms with Crippen molar-refractivity contribution in [2.45, 2.75) is 30.2 Å². The van der Waals surface area contributed by atoms with E-state index < -0.39 is 15.9 Å². The van der Waals surface area contributed by atoms with E-state index in [0.29, 0.717) is 18.7 Å². The first-order valence-corrected chi connectivity index (χ1v) is 10.5. The number of benzene rings is 1. The van der Waals surface area contributed by atoms with E-state index in [4.69, 9.17) is 10.5 Å². The van der Waals surface area contributed by atoms with Gasteiger partial charge in [-0.25, -0.2) is 18.1 Å². The van der Waals surface area contributed by atoms with E-state index >= 15 is 0 Å². The molecule has 1 saturated carbocycles. The second-order valence-corrected chi connectivity index (χ2v) is 8.51. The Morgan fingerprint density at radius 1 is 1.42 bits per heavy atom. The number of anilines is 1. The van der Waals surface area contributed by atoms with Crippen LogP contribution >= 0.6 is 11.3 Å². The number of nitrogens with zero attached hydrogens (tertiary/aromatic N) is 1. The fourth-order valence-electron chi connectivity index (χ4n) is 2.30. The lowest BCUT2D eigenvalue weighted by atomic mass is 10.3. The molecule has 1 fully saturated rings. The third-order valence-corrected chi connectivity index (χ3v) is 6.20. The van der Waals surface area contributed by atoms with Gasteiger partial charge in [0.15, 0.2) is 0 Å². The first-order valence-electron chi connectivity index (χ1n) is 8.09. The summed E-state index contributed by atoms with van der Waals surface area (Å²) in [6, 6.07) is 4.45. The van der Waals surface area contributed by atoms with Crippen molar-refractivity contribution in [2.24, 2.45) is 5.73 Å². The minimum absolute atomic E-state index is 0.00759. The van der Waals surface area contributed by atoms with E-state index in [1.807, 2.05) is 0 Å². The summed E-state index contributed by atoms with van der Waals surface area (Å²) in [5.74, 6) is -0.191. The van der Waals surface area contributed by atoms with E-state index in [0.717, 1.165) is 17.8 Å². The number of ether oxygens (including phenoxy) is 1. The van der Waals surface area contributed by atoms with Gasteiger partial charge >= 0.3 is 0 Å². The third-order valence-electron chi connectivity index (χ3n) is 3.75. The highest BCUT2D eigenvalue weighted by Gasteiger charge is 2.30. The zero-order chi connectivity index (χ0) is 18.7. The Morgan fingerprint density at radius 3 is 2.85 bits per heavy atom. The van der Waals surface area contributed by atoms with Crippen LogP contribution in [0.4, 0.5) is 5.69 Å². The lowest BCUT2D eigenvalue weighted by molar-refractivity contribution is 0.102. The van der Waals surface area contributed by atoms with Gasteiger partial charge < -0.3 is 15.8 Å². The largest absolute Gasteiger partial charge is 0.495 e. The summed E-state index contributed by atoms with van der Waals surface area (Å²) < 4.78 is 32.8. The quantitative estimate of drug-likeness (QED) is 0.619. The summed E-state index contributed by atoms with van der Waals surface area (Å²) in [5.41, 5.74) is 6.10. The summed E-state index contributed by atoms with van der Waals surface area (Å²) in [6.07, 6.45) is 2.26. The van der Waals surface area contributed by atoms with Crippen LogP contribution in [0.15, 0.2) is 28.5 Å².